The number of carbonyl (C=O) groups is 1. The van der Waals surface area contributed by atoms with E-state index < -0.39 is 0 Å². The molecule has 1 heterocycles. The molecule has 0 spiro atoms. The standard InChI is InChI=1S/C36H53NO2/c1-4-5-6-7-8-9-10-11-12-15-34(38)39-29-20-22-35(2)28(25-29)16-17-30-32-19-18-31(27-14-13-24-37-26-27)36(32,3)23-21-33(30)35/h13-14,16,18,24,26,29-30,32-33H,4-12,15,17,19-23,25H2,1-3H3/t29-,30-,32-,33-,35-,36+/m0/s1. The zero-order valence-electron chi connectivity index (χ0n) is 25.1. The Morgan fingerprint density at radius 1 is 0.923 bits per heavy atom. The van der Waals surface area contributed by atoms with Gasteiger partial charge in [-0.05, 0) is 90.7 Å². The molecule has 3 heteroatoms. The maximum absolute atomic E-state index is 12.6. The van der Waals surface area contributed by atoms with Crippen molar-refractivity contribution in [2.45, 2.75) is 136 Å². The minimum atomic E-state index is 0.0363. The van der Waals surface area contributed by atoms with Gasteiger partial charge in [0.05, 0.1) is 0 Å². The second kappa shape index (κ2) is 12.7. The first kappa shape index (κ1) is 28.6. The lowest BCUT2D eigenvalue weighted by atomic mass is 9.47. The number of carbonyl (C=O) groups excluding carboxylic acids is 1. The number of allylic oxidation sites excluding steroid dienone is 3. The normalized spacial score (nSPS) is 33.4. The quantitative estimate of drug-likeness (QED) is 0.153. The second-order valence-electron chi connectivity index (χ2n) is 13.7. The van der Waals surface area contributed by atoms with Gasteiger partial charge in [-0.25, -0.2) is 0 Å². The lowest BCUT2D eigenvalue weighted by Gasteiger charge is -2.57. The molecule has 39 heavy (non-hydrogen) atoms. The molecule has 5 rings (SSSR count). The SMILES string of the molecule is CCCCCCCCCCCC(=O)O[C@H]1CC[C@@]2(C)C(=CC[C@@H]3[C@@H]2CC[C@]2(C)C(c4cccnc4)=CC[C@@H]32)C1. The number of hydrogen-bond donors (Lipinski definition) is 0. The minimum Gasteiger partial charge on any atom is -0.462 e. The van der Waals surface area contributed by atoms with Crippen LogP contribution in [0.5, 0.6) is 0 Å². The van der Waals surface area contributed by atoms with Crippen molar-refractivity contribution in [2.24, 2.45) is 28.6 Å². The number of hydrogen-bond acceptors (Lipinski definition) is 3. The van der Waals surface area contributed by atoms with E-state index in [2.05, 4.69) is 56.2 Å². The molecule has 0 saturated heterocycles. The van der Waals surface area contributed by atoms with Gasteiger partial charge in [0.2, 0.25) is 0 Å². The van der Waals surface area contributed by atoms with Crippen molar-refractivity contribution in [1.82, 2.24) is 4.98 Å². The average molecular weight is 532 g/mol. The molecule has 0 radical (unpaired) electrons. The molecule has 1 aromatic heterocycles. The molecular weight excluding hydrogens is 478 g/mol. The largest absolute Gasteiger partial charge is 0.462 e. The Bertz CT molecular complexity index is 1030. The predicted molar refractivity (Wildman–Crippen MR) is 161 cm³/mol. The third-order valence-corrected chi connectivity index (χ3v) is 11.4. The fourth-order valence-corrected chi connectivity index (χ4v) is 9.09. The molecule has 0 bridgehead atoms. The van der Waals surface area contributed by atoms with Gasteiger partial charge in [-0.1, -0.05) is 95.9 Å². The summed E-state index contributed by atoms with van der Waals surface area (Å²) in [5, 5.41) is 0. The third-order valence-electron chi connectivity index (χ3n) is 11.4. The summed E-state index contributed by atoms with van der Waals surface area (Å²) < 4.78 is 6.05. The molecule has 0 N–H and O–H groups in total. The molecule has 4 aliphatic carbocycles. The third kappa shape index (κ3) is 6.08. The summed E-state index contributed by atoms with van der Waals surface area (Å²) in [5.41, 5.74) is 5.01. The number of aromatic nitrogens is 1. The Morgan fingerprint density at radius 2 is 1.67 bits per heavy atom. The highest BCUT2D eigenvalue weighted by molar-refractivity contribution is 5.72. The van der Waals surface area contributed by atoms with Crippen molar-refractivity contribution in [1.29, 1.82) is 0 Å². The van der Waals surface area contributed by atoms with Crippen molar-refractivity contribution in [3.63, 3.8) is 0 Å². The summed E-state index contributed by atoms with van der Waals surface area (Å²) in [4.78, 5) is 17.1. The fourth-order valence-electron chi connectivity index (χ4n) is 9.09. The molecule has 0 aliphatic heterocycles. The molecule has 214 valence electrons. The van der Waals surface area contributed by atoms with E-state index in [0.717, 1.165) is 43.4 Å². The Balaban J connectivity index is 1.10. The number of nitrogens with zero attached hydrogens (tertiary/aromatic N) is 1. The molecule has 4 aliphatic rings. The first-order chi connectivity index (χ1) is 19.0. The van der Waals surface area contributed by atoms with Crippen LogP contribution in [-0.2, 0) is 9.53 Å². The number of pyridine rings is 1. The first-order valence-corrected chi connectivity index (χ1v) is 16.5. The summed E-state index contributed by atoms with van der Waals surface area (Å²) in [5.74, 6) is 2.28. The minimum absolute atomic E-state index is 0.0363. The molecule has 2 saturated carbocycles. The topological polar surface area (TPSA) is 39.2 Å². The van der Waals surface area contributed by atoms with Crippen LogP contribution in [0.15, 0.2) is 42.3 Å². The van der Waals surface area contributed by atoms with Crippen LogP contribution in [0, 0.1) is 28.6 Å². The van der Waals surface area contributed by atoms with Crippen molar-refractivity contribution in [3.8, 4) is 0 Å². The van der Waals surface area contributed by atoms with Crippen LogP contribution in [-0.4, -0.2) is 17.1 Å². The van der Waals surface area contributed by atoms with Crippen LogP contribution >= 0.6 is 0 Å². The molecule has 6 atom stereocenters. The maximum atomic E-state index is 12.6. The Hall–Kier alpha value is -1.90. The summed E-state index contributed by atoms with van der Waals surface area (Å²) in [6.07, 6.45) is 29.4. The smallest absolute Gasteiger partial charge is 0.306 e. The van der Waals surface area contributed by atoms with E-state index >= 15 is 0 Å². The average Bonchev–Trinajstić information content (AvgIpc) is 3.30. The molecule has 1 aromatic rings. The van der Waals surface area contributed by atoms with Gasteiger partial charge in [0.25, 0.3) is 0 Å². The van der Waals surface area contributed by atoms with Crippen molar-refractivity contribution >= 4 is 11.5 Å². The van der Waals surface area contributed by atoms with Crippen molar-refractivity contribution < 1.29 is 9.53 Å². The lowest BCUT2D eigenvalue weighted by Crippen LogP contribution is -2.50. The highest BCUT2D eigenvalue weighted by atomic mass is 16.5. The molecule has 0 amide bonds. The summed E-state index contributed by atoms with van der Waals surface area (Å²) in [7, 11) is 0. The van der Waals surface area contributed by atoms with Crippen LogP contribution in [0.25, 0.3) is 5.57 Å². The Labute approximate surface area is 238 Å². The fraction of sp³-hybridized carbons (Fsp3) is 0.722. The zero-order chi connectivity index (χ0) is 27.3. The summed E-state index contributed by atoms with van der Waals surface area (Å²) in [6, 6.07) is 4.33. The van der Waals surface area contributed by atoms with Gasteiger partial charge in [-0.2, -0.15) is 0 Å². The van der Waals surface area contributed by atoms with E-state index in [0.29, 0.717) is 6.42 Å². The number of unbranched alkanes of at least 4 members (excludes halogenated alkanes) is 8. The van der Waals surface area contributed by atoms with Gasteiger partial charge in [-0.3, -0.25) is 9.78 Å². The van der Waals surface area contributed by atoms with Crippen molar-refractivity contribution in [2.75, 3.05) is 0 Å². The maximum Gasteiger partial charge on any atom is 0.306 e. The van der Waals surface area contributed by atoms with Gasteiger partial charge in [0.15, 0.2) is 0 Å². The Kier molecular flexibility index (Phi) is 9.35. The van der Waals surface area contributed by atoms with E-state index in [1.807, 2.05) is 6.20 Å². The number of fused-ring (bicyclic) bond motifs is 5. The van der Waals surface area contributed by atoms with E-state index in [1.165, 1.54) is 82.6 Å². The van der Waals surface area contributed by atoms with E-state index in [9.17, 15) is 4.79 Å². The van der Waals surface area contributed by atoms with Crippen LogP contribution in [0.1, 0.15) is 135 Å². The van der Waals surface area contributed by atoms with Crippen LogP contribution in [0.2, 0.25) is 0 Å². The van der Waals surface area contributed by atoms with E-state index in [1.54, 1.807) is 11.1 Å². The van der Waals surface area contributed by atoms with Crippen molar-refractivity contribution in [3.05, 3.63) is 47.8 Å². The predicted octanol–water partition coefficient (Wildman–Crippen LogP) is 9.87. The molecule has 3 nitrogen and oxygen atoms in total. The highest BCUT2D eigenvalue weighted by Gasteiger charge is 2.57. The van der Waals surface area contributed by atoms with Gasteiger partial charge < -0.3 is 4.74 Å². The molecule has 0 aromatic carbocycles. The van der Waals surface area contributed by atoms with Gasteiger partial charge in [0.1, 0.15) is 6.10 Å². The first-order valence-electron chi connectivity index (χ1n) is 16.5. The Morgan fingerprint density at radius 3 is 2.41 bits per heavy atom. The van der Waals surface area contributed by atoms with Crippen LogP contribution in [0.4, 0.5) is 0 Å². The van der Waals surface area contributed by atoms with Crippen LogP contribution in [0.3, 0.4) is 0 Å². The second-order valence-corrected chi connectivity index (χ2v) is 13.7. The zero-order valence-corrected chi connectivity index (χ0v) is 25.1. The van der Waals surface area contributed by atoms with Crippen LogP contribution < -0.4 is 0 Å². The molecule has 2 fully saturated rings. The summed E-state index contributed by atoms with van der Waals surface area (Å²) in [6.45, 7) is 7.35. The number of esters is 1. The highest BCUT2D eigenvalue weighted by Crippen LogP contribution is 2.66. The lowest BCUT2D eigenvalue weighted by molar-refractivity contribution is -0.151. The molecule has 0 unspecified atom stereocenters. The van der Waals surface area contributed by atoms with Gasteiger partial charge in [0, 0.05) is 25.2 Å². The van der Waals surface area contributed by atoms with E-state index in [-0.39, 0.29) is 22.9 Å². The van der Waals surface area contributed by atoms with Gasteiger partial charge >= 0.3 is 5.97 Å². The molecular formula is C36H53NO2. The number of rotatable bonds is 12. The van der Waals surface area contributed by atoms with Gasteiger partial charge in [-0.15, -0.1) is 0 Å². The number of ether oxygens (including phenoxy) is 1. The monoisotopic (exact) mass is 531 g/mol. The summed E-state index contributed by atoms with van der Waals surface area (Å²) >= 11 is 0. The van der Waals surface area contributed by atoms with E-state index in [4.69, 9.17) is 4.74 Å².